The first-order valence-electron chi connectivity index (χ1n) is 4.67. The molecule has 16 heavy (non-hydrogen) atoms. The van der Waals surface area contributed by atoms with Gasteiger partial charge in [0.15, 0.2) is 0 Å². The molecule has 1 atom stereocenters. The molecule has 4 nitrogen and oxygen atoms in total. The van der Waals surface area contributed by atoms with E-state index in [1.54, 1.807) is 14.2 Å². The third-order valence-electron chi connectivity index (χ3n) is 2.50. The van der Waals surface area contributed by atoms with Crippen LogP contribution < -0.4 is 5.32 Å². The highest BCUT2D eigenvalue weighted by Crippen LogP contribution is 2.24. The number of nitrogens with one attached hydrogen (secondary N) is 1. The van der Waals surface area contributed by atoms with E-state index >= 15 is 0 Å². The van der Waals surface area contributed by atoms with Gasteiger partial charge in [-0.05, 0) is 13.3 Å². The van der Waals surface area contributed by atoms with Gasteiger partial charge in [0, 0.05) is 26.0 Å². The number of ketones is 1. The summed E-state index contributed by atoms with van der Waals surface area (Å²) in [6, 6.07) is 0. The molecule has 0 saturated carbocycles. The van der Waals surface area contributed by atoms with Gasteiger partial charge in [-0.1, -0.05) is 21.8 Å². The molecule has 0 aromatic carbocycles. The third kappa shape index (κ3) is 6.56. The molecule has 98 valence electrons. The lowest BCUT2D eigenvalue weighted by Gasteiger charge is -2.25. The summed E-state index contributed by atoms with van der Waals surface area (Å²) in [5.74, 6) is 0.0110. The maximum atomic E-state index is 11.3. The van der Waals surface area contributed by atoms with Crippen molar-refractivity contribution in [3.05, 3.63) is 0 Å². The lowest BCUT2D eigenvalue weighted by atomic mass is 9.82. The van der Waals surface area contributed by atoms with Crippen LogP contribution in [0, 0.1) is 5.41 Å². The molecule has 0 aromatic heterocycles. The van der Waals surface area contributed by atoms with Crippen molar-refractivity contribution in [1.29, 1.82) is 0 Å². The summed E-state index contributed by atoms with van der Waals surface area (Å²) in [5, 5.41) is 2.53. The quantitative estimate of drug-likeness (QED) is 0.763. The molecule has 0 heterocycles. The number of hydrogen-bond acceptors (Lipinski definition) is 3. The number of hydrogen-bond donors (Lipinski definition) is 1. The maximum absolute atomic E-state index is 11.3. The normalized spacial score (nSPS) is 12.8. The molecule has 0 aliphatic carbocycles. The van der Waals surface area contributed by atoms with E-state index in [4.69, 9.17) is 4.74 Å². The zero-order valence-corrected chi connectivity index (χ0v) is 9.35. The molecule has 1 amide bonds. The van der Waals surface area contributed by atoms with E-state index in [2.05, 4.69) is 5.32 Å². The van der Waals surface area contributed by atoms with Gasteiger partial charge in [-0.15, -0.1) is 0 Å². The van der Waals surface area contributed by atoms with Gasteiger partial charge >= 0.3 is 0 Å². The smallest absolute Gasteiger partial charge is 0.219 e. The summed E-state index contributed by atoms with van der Waals surface area (Å²) in [6.45, 7) is 3.71. The molecule has 1 unspecified atom stereocenters. The van der Waals surface area contributed by atoms with Gasteiger partial charge in [0.25, 0.3) is 0 Å². The Morgan fingerprint density at radius 2 is 1.81 bits per heavy atom. The molecule has 0 bridgehead atoms. The minimum atomic E-state index is -0.540. The van der Waals surface area contributed by atoms with Crippen LogP contribution in [0.3, 0.4) is 0 Å². The summed E-state index contributed by atoms with van der Waals surface area (Å²) in [6.07, 6.45) is 0.881. The predicted molar refractivity (Wildman–Crippen MR) is 67.4 cm³/mol. The lowest BCUT2D eigenvalue weighted by molar-refractivity contribution is -0.130. The van der Waals surface area contributed by atoms with Gasteiger partial charge < -0.3 is 10.1 Å². The highest BCUT2D eigenvalue weighted by Gasteiger charge is 2.30. The molecule has 0 fully saturated rings. The third-order valence-corrected chi connectivity index (χ3v) is 2.50. The van der Waals surface area contributed by atoms with Crippen LogP contribution in [0.2, 0.25) is 0 Å². The van der Waals surface area contributed by atoms with Crippen LogP contribution in [0.4, 0.5) is 0 Å². The lowest BCUT2D eigenvalue weighted by Crippen LogP contribution is -2.32. The van der Waals surface area contributed by atoms with E-state index in [9.17, 15) is 9.59 Å². The zero-order valence-electron chi connectivity index (χ0n) is 9.35. The SMILES string of the molecule is C.C.CNC(=O)CCC(C)(COC)C(C)=O. The second-order valence-electron chi connectivity index (χ2n) is 3.72. The molecule has 0 aliphatic rings. The fourth-order valence-corrected chi connectivity index (χ4v) is 1.18. The van der Waals surface area contributed by atoms with E-state index in [0.717, 1.165) is 0 Å². The molecule has 0 rings (SSSR count). The Kier molecular flexibility index (Phi) is 12.0. The van der Waals surface area contributed by atoms with Gasteiger partial charge in [-0.2, -0.15) is 0 Å². The molecule has 1 N–H and O–H groups in total. The summed E-state index contributed by atoms with van der Waals surface area (Å²) in [4.78, 5) is 22.4. The largest absolute Gasteiger partial charge is 0.384 e. The van der Waals surface area contributed by atoms with E-state index < -0.39 is 5.41 Å². The summed E-state index contributed by atoms with van der Waals surface area (Å²) < 4.78 is 4.98. The molecular formula is C12H27NO3. The molecule has 0 spiro atoms. The Balaban J connectivity index is -0.000000845. The topological polar surface area (TPSA) is 55.4 Å². The van der Waals surface area contributed by atoms with Gasteiger partial charge in [0.05, 0.1) is 6.61 Å². The molecule has 0 aliphatic heterocycles. The molecular weight excluding hydrogens is 206 g/mol. The highest BCUT2D eigenvalue weighted by atomic mass is 16.5. The second kappa shape index (κ2) is 9.33. The average molecular weight is 233 g/mol. The highest BCUT2D eigenvalue weighted by molar-refractivity contribution is 5.83. The zero-order chi connectivity index (χ0) is 11.2. The summed E-state index contributed by atoms with van der Waals surface area (Å²) >= 11 is 0. The Hall–Kier alpha value is -0.900. The minimum absolute atomic E-state index is 0. The number of carbonyl (C=O) groups is 2. The van der Waals surface area contributed by atoms with Gasteiger partial charge in [0.2, 0.25) is 5.91 Å². The van der Waals surface area contributed by atoms with Crippen molar-refractivity contribution in [2.45, 2.75) is 41.5 Å². The number of Topliss-reactive ketones (excluding diaryl/α,β-unsaturated/α-hetero) is 1. The number of amides is 1. The standard InChI is InChI=1S/C10H19NO3.2CH4/c1-8(12)10(2,7-14-4)6-5-9(13)11-3;;/h5-7H2,1-4H3,(H,11,13);2*1H4. The van der Waals surface area contributed by atoms with Crippen molar-refractivity contribution in [3.63, 3.8) is 0 Å². The first-order valence-corrected chi connectivity index (χ1v) is 4.67. The summed E-state index contributed by atoms with van der Waals surface area (Å²) in [5.41, 5.74) is -0.540. The van der Waals surface area contributed by atoms with Crippen LogP contribution in [-0.4, -0.2) is 32.5 Å². The van der Waals surface area contributed by atoms with E-state index in [1.807, 2.05) is 6.92 Å². The Bertz CT molecular complexity index is 216. The Morgan fingerprint density at radius 1 is 1.31 bits per heavy atom. The van der Waals surface area contributed by atoms with Crippen molar-refractivity contribution in [3.8, 4) is 0 Å². The minimum Gasteiger partial charge on any atom is -0.384 e. The summed E-state index contributed by atoms with van der Waals surface area (Å²) in [7, 11) is 3.14. The maximum Gasteiger partial charge on any atom is 0.219 e. The van der Waals surface area contributed by atoms with Crippen molar-refractivity contribution in [2.75, 3.05) is 20.8 Å². The van der Waals surface area contributed by atoms with E-state index in [0.29, 0.717) is 19.4 Å². The Labute approximate surface area is 99.8 Å². The first kappa shape index (κ1) is 20.5. The molecule has 0 aromatic rings. The van der Waals surface area contributed by atoms with Crippen molar-refractivity contribution >= 4 is 11.7 Å². The fraction of sp³-hybridized carbons (Fsp3) is 0.833. The molecule has 4 heteroatoms. The number of carbonyl (C=O) groups excluding carboxylic acids is 2. The molecule has 0 radical (unpaired) electrons. The second-order valence-corrected chi connectivity index (χ2v) is 3.72. The average Bonchev–Trinajstić information content (AvgIpc) is 2.14. The van der Waals surface area contributed by atoms with Crippen LogP contribution >= 0.6 is 0 Å². The number of ether oxygens (including phenoxy) is 1. The van der Waals surface area contributed by atoms with Gasteiger partial charge in [-0.3, -0.25) is 9.59 Å². The number of methoxy groups -OCH3 is 1. The van der Waals surface area contributed by atoms with Crippen molar-refractivity contribution < 1.29 is 14.3 Å². The van der Waals surface area contributed by atoms with Crippen molar-refractivity contribution in [2.24, 2.45) is 5.41 Å². The van der Waals surface area contributed by atoms with E-state index in [-0.39, 0.29) is 26.5 Å². The van der Waals surface area contributed by atoms with Crippen LogP contribution in [-0.2, 0) is 14.3 Å². The predicted octanol–water partition coefficient (Wildman–Crippen LogP) is 2.03. The van der Waals surface area contributed by atoms with Crippen LogP contribution in [0.25, 0.3) is 0 Å². The monoisotopic (exact) mass is 233 g/mol. The van der Waals surface area contributed by atoms with Gasteiger partial charge in [0.1, 0.15) is 5.78 Å². The van der Waals surface area contributed by atoms with Gasteiger partial charge in [-0.25, -0.2) is 0 Å². The molecule has 0 saturated heterocycles. The first-order chi connectivity index (χ1) is 6.46. The van der Waals surface area contributed by atoms with E-state index in [1.165, 1.54) is 6.92 Å². The van der Waals surface area contributed by atoms with Crippen LogP contribution in [0.15, 0.2) is 0 Å². The Morgan fingerprint density at radius 3 is 2.12 bits per heavy atom. The van der Waals surface area contributed by atoms with Crippen LogP contribution in [0.5, 0.6) is 0 Å². The van der Waals surface area contributed by atoms with Crippen molar-refractivity contribution in [1.82, 2.24) is 5.32 Å². The fourth-order valence-electron chi connectivity index (χ4n) is 1.18. The number of rotatable bonds is 6. The van der Waals surface area contributed by atoms with Crippen LogP contribution in [0.1, 0.15) is 41.5 Å².